The summed E-state index contributed by atoms with van der Waals surface area (Å²) in [5, 5.41) is -0.138. The van der Waals surface area contributed by atoms with Crippen molar-refractivity contribution < 1.29 is 42.4 Å². The van der Waals surface area contributed by atoms with E-state index in [-0.39, 0.29) is 31.5 Å². The zero-order valence-corrected chi connectivity index (χ0v) is 26.6. The van der Waals surface area contributed by atoms with E-state index in [1.165, 1.54) is 30.7 Å². The third-order valence-corrected chi connectivity index (χ3v) is 11.7. The van der Waals surface area contributed by atoms with E-state index >= 15 is 0 Å². The molecular weight excluding hydrogens is 647 g/mol. The molecule has 0 aromatic carbocycles. The quantitative estimate of drug-likeness (QED) is 0.0765. The van der Waals surface area contributed by atoms with Gasteiger partial charge >= 0.3 is 17.6 Å². The fraction of sp³-hybridized carbons (Fsp3) is 0.750. The highest BCUT2D eigenvalue weighted by Gasteiger charge is 2.52. The summed E-state index contributed by atoms with van der Waals surface area (Å²) in [6.45, 7) is 11.5. The number of aromatic nitrogens is 2. The van der Waals surface area contributed by atoms with Crippen molar-refractivity contribution in [3.63, 3.8) is 0 Å². The van der Waals surface area contributed by atoms with E-state index in [0.29, 0.717) is 4.43 Å². The maximum absolute atomic E-state index is 12.7. The lowest BCUT2D eigenvalue weighted by molar-refractivity contribution is -0.320. The van der Waals surface area contributed by atoms with Crippen LogP contribution in [0.15, 0.2) is 21.9 Å². The van der Waals surface area contributed by atoms with Gasteiger partial charge in [-0.3, -0.25) is 23.9 Å². The number of carbonyl (C=O) groups is 2. The number of ether oxygens (including phenoxy) is 6. The van der Waals surface area contributed by atoms with Crippen LogP contribution >= 0.6 is 22.6 Å². The first-order valence-electron chi connectivity index (χ1n) is 12.5. The first-order valence-corrected chi connectivity index (χ1v) is 17.0. The lowest BCUT2D eigenvalue weighted by atomic mass is 10.1. The average Bonchev–Trinajstić information content (AvgIpc) is 3.14. The van der Waals surface area contributed by atoms with E-state index in [1.807, 2.05) is 0 Å². The first kappa shape index (κ1) is 33.6. The largest absolute Gasteiger partial charge is 0.463 e. The van der Waals surface area contributed by atoms with Gasteiger partial charge in [0, 0.05) is 30.5 Å². The normalized spacial score (nSPS) is 21.8. The number of hydrogen-bond acceptors (Lipinski definition) is 11. The molecule has 222 valence electrons. The van der Waals surface area contributed by atoms with Crippen molar-refractivity contribution in [1.82, 2.24) is 9.55 Å². The summed E-state index contributed by atoms with van der Waals surface area (Å²) in [7, 11) is -2.37. The Balaban J connectivity index is 2.41. The van der Waals surface area contributed by atoms with Gasteiger partial charge in [-0.05, 0) is 18.1 Å². The predicted molar refractivity (Wildman–Crippen MR) is 150 cm³/mol. The number of nitrogens with one attached hydrogen (secondary N) is 1. The molecule has 1 aliphatic rings. The molecule has 1 aromatic rings. The van der Waals surface area contributed by atoms with Crippen LogP contribution in [0.1, 0.15) is 40.8 Å². The van der Waals surface area contributed by atoms with Crippen molar-refractivity contribution in [2.45, 2.75) is 83.8 Å². The Kier molecular flexibility index (Phi) is 12.8. The first-order chi connectivity index (χ1) is 18.2. The van der Waals surface area contributed by atoms with E-state index in [9.17, 15) is 19.2 Å². The molecule has 1 N–H and O–H groups in total. The molecule has 0 amide bonds. The van der Waals surface area contributed by atoms with Crippen molar-refractivity contribution in [3.8, 4) is 0 Å². The maximum Gasteiger partial charge on any atom is 0.330 e. The number of H-pyrrole nitrogens is 1. The van der Waals surface area contributed by atoms with E-state index in [1.54, 1.807) is 0 Å². The molecule has 1 saturated heterocycles. The van der Waals surface area contributed by atoms with Gasteiger partial charge in [-0.25, -0.2) is 4.79 Å². The molecule has 0 saturated carbocycles. The van der Waals surface area contributed by atoms with Crippen molar-refractivity contribution in [3.05, 3.63) is 33.1 Å². The lowest BCUT2D eigenvalue weighted by Crippen LogP contribution is -2.51. The van der Waals surface area contributed by atoms with Crippen LogP contribution in [-0.2, 0) is 42.4 Å². The summed E-state index contributed by atoms with van der Waals surface area (Å²) in [5.74, 6) is -0.942. The van der Waals surface area contributed by atoms with Crippen LogP contribution in [0.2, 0.25) is 18.1 Å². The molecule has 1 unspecified atom stereocenters. The number of nitrogens with zero attached hydrogens (tertiary/aromatic N) is 1. The van der Waals surface area contributed by atoms with Crippen LogP contribution < -0.4 is 11.2 Å². The van der Waals surface area contributed by atoms with Gasteiger partial charge < -0.3 is 32.8 Å². The molecule has 0 spiro atoms. The predicted octanol–water partition coefficient (Wildman–Crippen LogP) is 2.09. The van der Waals surface area contributed by atoms with Gasteiger partial charge in [-0.1, -0.05) is 43.4 Å². The van der Waals surface area contributed by atoms with E-state index < -0.39 is 62.5 Å². The summed E-state index contributed by atoms with van der Waals surface area (Å²) in [4.78, 5) is 49.0. The smallest absolute Gasteiger partial charge is 0.330 e. The van der Waals surface area contributed by atoms with E-state index in [2.05, 4.69) is 61.4 Å². The topological polar surface area (TPSA) is 154 Å². The number of alkyl halides is 1. The highest BCUT2D eigenvalue weighted by atomic mass is 127. The summed E-state index contributed by atoms with van der Waals surface area (Å²) in [6, 6.07) is 1.21. The minimum absolute atomic E-state index is 0.0489. The highest BCUT2D eigenvalue weighted by molar-refractivity contribution is 14.1. The van der Waals surface area contributed by atoms with Crippen molar-refractivity contribution in [2.75, 3.05) is 30.9 Å². The number of esters is 2. The number of halogens is 1. The zero-order valence-electron chi connectivity index (χ0n) is 23.4. The van der Waals surface area contributed by atoms with Gasteiger partial charge in [0.15, 0.2) is 14.5 Å². The van der Waals surface area contributed by atoms with Gasteiger partial charge in [0.05, 0.1) is 19.3 Å². The Morgan fingerprint density at radius 2 is 1.62 bits per heavy atom. The van der Waals surface area contributed by atoms with Crippen LogP contribution in [0.25, 0.3) is 0 Å². The van der Waals surface area contributed by atoms with E-state index in [0.717, 1.165) is 0 Å². The molecule has 1 aromatic heterocycles. The van der Waals surface area contributed by atoms with Crippen LogP contribution in [0.5, 0.6) is 0 Å². The number of rotatable bonds is 14. The van der Waals surface area contributed by atoms with Crippen LogP contribution in [-0.4, -0.2) is 85.5 Å². The minimum atomic E-state index is -2.37. The van der Waals surface area contributed by atoms with Crippen molar-refractivity contribution >= 4 is 42.8 Å². The molecule has 13 nitrogen and oxygen atoms in total. The minimum Gasteiger partial charge on any atom is -0.463 e. The van der Waals surface area contributed by atoms with Gasteiger partial charge in [0.2, 0.25) is 0 Å². The summed E-state index contributed by atoms with van der Waals surface area (Å²) in [5.41, 5.74) is -1.23. The van der Waals surface area contributed by atoms with Gasteiger partial charge in [0.1, 0.15) is 25.4 Å². The summed E-state index contributed by atoms with van der Waals surface area (Å²) < 4.78 is 42.3. The molecule has 4 atom stereocenters. The molecule has 39 heavy (non-hydrogen) atoms. The third kappa shape index (κ3) is 10.1. The molecular formula is C24H39IN2O11Si. The summed E-state index contributed by atoms with van der Waals surface area (Å²) in [6.07, 6.45) is -1.64. The third-order valence-electron chi connectivity index (χ3n) is 6.35. The molecule has 15 heteroatoms. The van der Waals surface area contributed by atoms with E-state index in [4.69, 9.17) is 32.8 Å². The monoisotopic (exact) mass is 686 g/mol. The number of hydrogen-bond donors (Lipinski definition) is 1. The van der Waals surface area contributed by atoms with Gasteiger partial charge in [-0.15, -0.1) is 0 Å². The lowest BCUT2D eigenvalue weighted by Gasteiger charge is -2.40. The Morgan fingerprint density at radius 1 is 1.05 bits per heavy atom. The Bertz CT molecular complexity index is 1050. The van der Waals surface area contributed by atoms with Gasteiger partial charge in [-0.2, -0.15) is 0 Å². The molecule has 0 bridgehead atoms. The molecule has 1 fully saturated rings. The Labute approximate surface area is 242 Å². The van der Waals surface area contributed by atoms with Crippen molar-refractivity contribution in [1.29, 1.82) is 0 Å². The summed E-state index contributed by atoms with van der Waals surface area (Å²) >= 11 is 2.18. The second kappa shape index (κ2) is 14.8. The average molecular weight is 687 g/mol. The van der Waals surface area contributed by atoms with Crippen molar-refractivity contribution in [2.24, 2.45) is 0 Å². The SMILES string of the molecule is CC(=O)OCCOC(OCCOC(C)=O)OC1[C@@H](O[Si](C)(C)C(C)(C)C)[C@@H](CI)O[C@H]1n1ccc(=O)[nH]c1=O. The van der Waals surface area contributed by atoms with Crippen LogP contribution in [0, 0.1) is 0 Å². The molecule has 2 heterocycles. The second-order valence-electron chi connectivity index (χ2n) is 10.4. The fourth-order valence-electron chi connectivity index (χ4n) is 3.40. The van der Waals surface area contributed by atoms with Crippen LogP contribution in [0.4, 0.5) is 0 Å². The standard InChI is InChI=1S/C24H39IN2O11Si/c1-15(28)32-10-12-34-23(35-13-11-33-16(2)29)37-20-19(38-39(6,7)24(3,4)5)17(14-25)36-21(20)27-9-8-18(30)26-22(27)31/h8-9,17,19-21,23H,10-14H2,1-7H3,(H,26,30,31)/t17-,19+,20?,21-/m1/s1. The number of aromatic amines is 1. The fourth-order valence-corrected chi connectivity index (χ4v) is 5.43. The van der Waals surface area contributed by atoms with Gasteiger partial charge in [0.25, 0.3) is 12.0 Å². The Hall–Kier alpha value is -1.63. The second-order valence-corrected chi connectivity index (χ2v) is 16.0. The van der Waals surface area contributed by atoms with Crippen LogP contribution in [0.3, 0.4) is 0 Å². The molecule has 2 rings (SSSR count). The molecule has 0 aliphatic carbocycles. The number of carbonyl (C=O) groups excluding carboxylic acids is 2. The molecule has 0 radical (unpaired) electrons. The maximum atomic E-state index is 12.7. The molecule has 1 aliphatic heterocycles. The Morgan fingerprint density at radius 3 is 2.08 bits per heavy atom. The highest BCUT2D eigenvalue weighted by Crippen LogP contribution is 2.42. The zero-order chi connectivity index (χ0) is 29.4.